The van der Waals surface area contributed by atoms with Crippen LogP contribution in [0.5, 0.6) is 0 Å². The molecular formula is C15H19ClN2O. The molecule has 1 atom stereocenters. The van der Waals surface area contributed by atoms with Crippen LogP contribution in [0.15, 0.2) is 36.5 Å². The van der Waals surface area contributed by atoms with Crippen LogP contribution in [0.2, 0.25) is 5.02 Å². The maximum absolute atomic E-state index is 9.50. The van der Waals surface area contributed by atoms with Crippen LogP contribution in [0.3, 0.4) is 0 Å². The number of benzene rings is 1. The smallest absolute Gasteiger partial charge is 0.0492 e. The van der Waals surface area contributed by atoms with E-state index in [4.69, 9.17) is 11.6 Å². The van der Waals surface area contributed by atoms with Gasteiger partial charge in [0.05, 0.1) is 0 Å². The van der Waals surface area contributed by atoms with E-state index >= 15 is 0 Å². The van der Waals surface area contributed by atoms with Crippen LogP contribution in [0.25, 0.3) is 0 Å². The highest BCUT2D eigenvalue weighted by Crippen LogP contribution is 2.18. The van der Waals surface area contributed by atoms with Crippen LogP contribution < -0.4 is 0 Å². The summed E-state index contributed by atoms with van der Waals surface area (Å²) in [5.74, 6) is 0.258. The van der Waals surface area contributed by atoms with Gasteiger partial charge < -0.3 is 5.11 Å². The molecule has 1 heterocycles. The number of aliphatic hydroxyl groups is 1. The van der Waals surface area contributed by atoms with Crippen molar-refractivity contribution in [2.45, 2.75) is 19.3 Å². The summed E-state index contributed by atoms with van der Waals surface area (Å²) in [6.45, 7) is 0.199. The Labute approximate surface area is 118 Å². The van der Waals surface area contributed by atoms with E-state index in [0.29, 0.717) is 0 Å². The fraction of sp³-hybridized carbons (Fsp3) is 0.400. The van der Waals surface area contributed by atoms with Gasteiger partial charge in [-0.15, -0.1) is 0 Å². The molecule has 0 spiro atoms. The maximum atomic E-state index is 9.50. The van der Waals surface area contributed by atoms with Crippen molar-refractivity contribution in [3.8, 4) is 0 Å². The van der Waals surface area contributed by atoms with Crippen LogP contribution >= 0.6 is 11.6 Å². The van der Waals surface area contributed by atoms with Crippen LogP contribution in [0.1, 0.15) is 17.7 Å². The number of nitrogens with zero attached hydrogens (tertiary/aromatic N) is 2. The van der Waals surface area contributed by atoms with Gasteiger partial charge in [0.2, 0.25) is 0 Å². The summed E-state index contributed by atoms with van der Waals surface area (Å²) >= 11 is 5.98. The minimum atomic E-state index is 0.199. The van der Waals surface area contributed by atoms with Crippen LogP contribution in [0, 0.1) is 5.92 Å². The van der Waals surface area contributed by atoms with Crippen molar-refractivity contribution in [1.82, 2.24) is 9.78 Å². The van der Waals surface area contributed by atoms with Crippen molar-refractivity contribution in [3.63, 3.8) is 0 Å². The third-order valence-corrected chi connectivity index (χ3v) is 3.64. The predicted molar refractivity (Wildman–Crippen MR) is 77.3 cm³/mol. The Bertz CT molecular complexity index is 524. The number of hydrogen-bond donors (Lipinski definition) is 1. The fourth-order valence-corrected chi connectivity index (χ4v) is 2.47. The maximum Gasteiger partial charge on any atom is 0.0492 e. The van der Waals surface area contributed by atoms with Crippen molar-refractivity contribution in [3.05, 3.63) is 52.8 Å². The molecule has 0 aliphatic carbocycles. The number of aliphatic hydroxyl groups excluding tert-OH is 1. The monoisotopic (exact) mass is 278 g/mol. The van der Waals surface area contributed by atoms with Crippen LogP contribution in [-0.2, 0) is 19.9 Å². The van der Waals surface area contributed by atoms with Crippen molar-refractivity contribution in [2.75, 3.05) is 6.61 Å². The summed E-state index contributed by atoms with van der Waals surface area (Å²) in [7, 11) is 1.94. The average Bonchev–Trinajstić information content (AvgIpc) is 2.80. The zero-order valence-electron chi connectivity index (χ0n) is 11.1. The third kappa shape index (κ3) is 4.08. The fourth-order valence-electron chi connectivity index (χ4n) is 2.25. The normalized spacial score (nSPS) is 12.6. The summed E-state index contributed by atoms with van der Waals surface area (Å²) < 4.78 is 1.88. The Kier molecular flexibility index (Phi) is 5.00. The molecule has 0 saturated carbocycles. The van der Waals surface area contributed by atoms with Gasteiger partial charge in [-0.25, -0.2) is 0 Å². The molecule has 1 aromatic carbocycles. The molecule has 0 amide bonds. The average molecular weight is 279 g/mol. The second-order valence-electron chi connectivity index (χ2n) is 4.87. The Morgan fingerprint density at radius 3 is 2.84 bits per heavy atom. The minimum Gasteiger partial charge on any atom is -0.396 e. The zero-order chi connectivity index (χ0) is 13.7. The molecule has 0 aliphatic heterocycles. The van der Waals surface area contributed by atoms with E-state index in [0.717, 1.165) is 24.3 Å². The number of aryl methyl sites for hydroxylation is 2. The molecule has 2 aromatic rings. The van der Waals surface area contributed by atoms with Gasteiger partial charge >= 0.3 is 0 Å². The number of hydrogen-bond acceptors (Lipinski definition) is 2. The highest BCUT2D eigenvalue weighted by molar-refractivity contribution is 6.30. The van der Waals surface area contributed by atoms with Gasteiger partial charge in [0.15, 0.2) is 0 Å². The summed E-state index contributed by atoms with van der Waals surface area (Å²) in [6, 6.07) is 9.86. The molecule has 0 saturated heterocycles. The van der Waals surface area contributed by atoms with E-state index in [-0.39, 0.29) is 12.5 Å². The quantitative estimate of drug-likeness (QED) is 0.882. The van der Waals surface area contributed by atoms with E-state index in [2.05, 4.69) is 11.2 Å². The van der Waals surface area contributed by atoms with Crippen molar-refractivity contribution in [1.29, 1.82) is 0 Å². The molecule has 0 radical (unpaired) electrons. The molecule has 0 bridgehead atoms. The zero-order valence-corrected chi connectivity index (χ0v) is 11.8. The topological polar surface area (TPSA) is 38.0 Å². The van der Waals surface area contributed by atoms with E-state index < -0.39 is 0 Å². The Morgan fingerprint density at radius 1 is 1.37 bits per heavy atom. The third-order valence-electron chi connectivity index (χ3n) is 3.40. The summed E-state index contributed by atoms with van der Waals surface area (Å²) in [6.07, 6.45) is 4.54. The molecule has 1 unspecified atom stereocenters. The second kappa shape index (κ2) is 6.73. The van der Waals surface area contributed by atoms with E-state index in [1.165, 1.54) is 11.3 Å². The molecule has 1 aromatic heterocycles. The summed E-state index contributed by atoms with van der Waals surface area (Å²) in [5, 5.41) is 14.4. The lowest BCUT2D eigenvalue weighted by atomic mass is 9.95. The van der Waals surface area contributed by atoms with Gasteiger partial charge in [-0.05, 0) is 48.9 Å². The SMILES string of the molecule is Cn1nccc1CCC(CO)Cc1cccc(Cl)c1. The molecule has 102 valence electrons. The largest absolute Gasteiger partial charge is 0.396 e. The van der Waals surface area contributed by atoms with Gasteiger partial charge in [-0.2, -0.15) is 5.10 Å². The molecule has 1 N–H and O–H groups in total. The molecule has 4 heteroatoms. The van der Waals surface area contributed by atoms with Gasteiger partial charge in [0.1, 0.15) is 0 Å². The first kappa shape index (κ1) is 14.1. The minimum absolute atomic E-state index is 0.199. The molecule has 2 rings (SSSR count). The van der Waals surface area contributed by atoms with E-state index in [1.807, 2.05) is 36.0 Å². The Hall–Kier alpha value is -1.32. The first-order valence-electron chi connectivity index (χ1n) is 6.51. The van der Waals surface area contributed by atoms with Crippen molar-refractivity contribution < 1.29 is 5.11 Å². The van der Waals surface area contributed by atoms with Crippen molar-refractivity contribution in [2.24, 2.45) is 13.0 Å². The van der Waals surface area contributed by atoms with Crippen molar-refractivity contribution >= 4 is 11.6 Å². The van der Waals surface area contributed by atoms with Gasteiger partial charge in [-0.1, -0.05) is 23.7 Å². The van der Waals surface area contributed by atoms with Gasteiger partial charge in [-0.3, -0.25) is 4.68 Å². The number of rotatable bonds is 6. The second-order valence-corrected chi connectivity index (χ2v) is 5.30. The van der Waals surface area contributed by atoms with Gasteiger partial charge in [0.25, 0.3) is 0 Å². The van der Waals surface area contributed by atoms with E-state index in [1.54, 1.807) is 6.20 Å². The van der Waals surface area contributed by atoms with E-state index in [9.17, 15) is 5.11 Å². The Balaban J connectivity index is 1.92. The lowest BCUT2D eigenvalue weighted by molar-refractivity contribution is 0.217. The lowest BCUT2D eigenvalue weighted by Gasteiger charge is -2.14. The van der Waals surface area contributed by atoms with Crippen LogP contribution in [-0.4, -0.2) is 21.5 Å². The molecular weight excluding hydrogens is 260 g/mol. The van der Waals surface area contributed by atoms with Gasteiger partial charge in [0, 0.05) is 30.6 Å². The molecule has 0 aliphatic rings. The molecule has 19 heavy (non-hydrogen) atoms. The first-order chi connectivity index (χ1) is 9.19. The summed E-state index contributed by atoms with van der Waals surface area (Å²) in [5.41, 5.74) is 2.38. The lowest BCUT2D eigenvalue weighted by Crippen LogP contribution is -2.12. The predicted octanol–water partition coefficient (Wildman–Crippen LogP) is 2.86. The first-order valence-corrected chi connectivity index (χ1v) is 6.89. The highest BCUT2D eigenvalue weighted by atomic mass is 35.5. The molecule has 0 fully saturated rings. The highest BCUT2D eigenvalue weighted by Gasteiger charge is 2.10. The summed E-state index contributed by atoms with van der Waals surface area (Å²) in [4.78, 5) is 0. The number of aromatic nitrogens is 2. The Morgan fingerprint density at radius 2 is 2.21 bits per heavy atom. The van der Waals surface area contributed by atoms with Crippen LogP contribution in [0.4, 0.5) is 0 Å². The standard InChI is InChI=1S/C15H19ClN2O/c1-18-15(7-8-17-18)6-5-13(11-19)9-12-3-2-4-14(16)10-12/h2-4,7-8,10,13,19H,5-6,9,11H2,1H3. The molecule has 3 nitrogen and oxygen atoms in total. The number of halogens is 1.